The van der Waals surface area contributed by atoms with Gasteiger partial charge in [0.15, 0.2) is 0 Å². The Bertz CT molecular complexity index is 1210. The van der Waals surface area contributed by atoms with E-state index >= 15 is 0 Å². The second-order valence-electron chi connectivity index (χ2n) is 8.83. The lowest BCUT2D eigenvalue weighted by molar-refractivity contribution is 1.34. The molecule has 0 saturated heterocycles. The minimum atomic E-state index is -1.70. The molecule has 0 amide bonds. The normalized spacial score (nSPS) is 11.5. The van der Waals surface area contributed by atoms with Crippen molar-refractivity contribution in [2.24, 2.45) is 0 Å². The number of rotatable bonds is 9. The summed E-state index contributed by atoms with van der Waals surface area (Å²) in [6.45, 7) is 0. The summed E-state index contributed by atoms with van der Waals surface area (Å²) in [5, 5.41) is 5.94. The van der Waals surface area contributed by atoms with Gasteiger partial charge in [0.05, 0.1) is 30.2 Å². The Morgan fingerprint density at radius 1 is 0.429 bits per heavy atom. The first-order valence-electron chi connectivity index (χ1n) is 12.3. The van der Waals surface area contributed by atoms with Crippen LogP contribution >= 0.6 is 15.2 Å². The van der Waals surface area contributed by atoms with Crippen molar-refractivity contribution in [3.63, 3.8) is 0 Å². The Hall–Kier alpha value is -3.04. The Balaban J connectivity index is 1.61. The lowest BCUT2D eigenvalue weighted by Gasteiger charge is -2.30. The molecule has 172 valence electrons. The fourth-order valence-electron chi connectivity index (χ4n) is 4.88. The molecule has 5 aromatic rings. The second kappa shape index (κ2) is 11.6. The van der Waals surface area contributed by atoms with Gasteiger partial charge in [-0.15, -0.1) is 0 Å². The maximum Gasteiger partial charge on any atom is 0.0995 e. The highest BCUT2D eigenvalue weighted by Gasteiger charge is 2.43. The molecule has 0 radical (unpaired) electrons. The van der Waals surface area contributed by atoms with Gasteiger partial charge in [-0.05, 0) is 48.4 Å². The van der Waals surface area contributed by atoms with Crippen molar-refractivity contribution in [1.82, 2.24) is 0 Å². The van der Waals surface area contributed by atoms with Gasteiger partial charge in [-0.2, -0.15) is 0 Å². The van der Waals surface area contributed by atoms with Crippen molar-refractivity contribution < 1.29 is 0 Å². The van der Waals surface area contributed by atoms with Crippen molar-refractivity contribution in [2.45, 2.75) is 6.16 Å². The van der Waals surface area contributed by atoms with Crippen molar-refractivity contribution >= 4 is 36.4 Å². The quantitative estimate of drug-likeness (QED) is 0.196. The Kier molecular flexibility index (Phi) is 7.85. The summed E-state index contributed by atoms with van der Waals surface area (Å²) in [7, 11) is -2.14. The molecule has 0 aliphatic heterocycles. The fourth-order valence-corrected chi connectivity index (χ4v) is 12.6. The van der Waals surface area contributed by atoms with E-state index in [1.54, 1.807) is 0 Å². The highest BCUT2D eigenvalue weighted by Crippen LogP contribution is 2.60. The van der Waals surface area contributed by atoms with Crippen LogP contribution in [0.15, 0.2) is 152 Å². The average molecular weight is 490 g/mol. The highest BCUT2D eigenvalue weighted by molar-refractivity contribution is 7.89. The Morgan fingerprint density at radius 3 is 1.23 bits per heavy atom. The fraction of sp³-hybridized carbons (Fsp3) is 0.0909. The molecule has 0 heterocycles. The standard InChI is InChI=1S/C33H31P2/c1-6-16-29(17-7-1)28-35(32-22-12-4-13-23-32,33-24-14-5-15-25-33)27-26-34(30-18-8-2-9-19-30)31-20-10-3-11-21-31/h1-25H,26-28H2/q+1. The maximum atomic E-state index is 2.37. The molecule has 0 aromatic heterocycles. The summed E-state index contributed by atoms with van der Waals surface area (Å²) in [5.74, 6) is 0. The van der Waals surface area contributed by atoms with E-state index in [2.05, 4.69) is 152 Å². The SMILES string of the molecule is c1ccc(C[P+](CCP(c2ccccc2)c2ccccc2)(c2ccccc2)c2ccccc2)cc1. The van der Waals surface area contributed by atoms with Crippen LogP contribution in [0.3, 0.4) is 0 Å². The lowest BCUT2D eigenvalue weighted by Crippen LogP contribution is -2.29. The molecular formula is C33H31P2+. The van der Waals surface area contributed by atoms with Crippen LogP contribution in [0, 0.1) is 0 Å². The minimum Gasteiger partial charge on any atom is -0.0622 e. The average Bonchev–Trinajstić information content (AvgIpc) is 2.95. The van der Waals surface area contributed by atoms with Crippen LogP contribution in [0.4, 0.5) is 0 Å². The van der Waals surface area contributed by atoms with E-state index in [0.717, 1.165) is 6.16 Å². The van der Waals surface area contributed by atoms with E-state index in [1.807, 2.05) is 0 Å². The monoisotopic (exact) mass is 489 g/mol. The van der Waals surface area contributed by atoms with Crippen LogP contribution in [0.2, 0.25) is 0 Å². The smallest absolute Gasteiger partial charge is 0.0622 e. The predicted octanol–water partition coefficient (Wildman–Crippen LogP) is 6.99. The zero-order chi connectivity index (χ0) is 23.8. The molecule has 0 saturated carbocycles. The molecule has 0 fully saturated rings. The van der Waals surface area contributed by atoms with Gasteiger partial charge in [-0.25, -0.2) is 0 Å². The van der Waals surface area contributed by atoms with Gasteiger partial charge in [-0.1, -0.05) is 127 Å². The zero-order valence-electron chi connectivity index (χ0n) is 19.9. The van der Waals surface area contributed by atoms with Crippen LogP contribution in [0.25, 0.3) is 0 Å². The minimum absolute atomic E-state index is 0.443. The van der Waals surface area contributed by atoms with Crippen LogP contribution in [0.1, 0.15) is 5.56 Å². The topological polar surface area (TPSA) is 0 Å². The molecule has 5 rings (SSSR count). The van der Waals surface area contributed by atoms with Crippen LogP contribution < -0.4 is 21.2 Å². The van der Waals surface area contributed by atoms with E-state index in [0.29, 0.717) is 0 Å². The third-order valence-electron chi connectivity index (χ3n) is 6.64. The van der Waals surface area contributed by atoms with Gasteiger partial charge >= 0.3 is 0 Å². The van der Waals surface area contributed by atoms with Gasteiger partial charge < -0.3 is 0 Å². The zero-order valence-corrected chi connectivity index (χ0v) is 21.7. The Morgan fingerprint density at radius 2 is 0.800 bits per heavy atom. The molecule has 0 unspecified atom stereocenters. The van der Waals surface area contributed by atoms with Gasteiger partial charge in [0.2, 0.25) is 0 Å². The largest absolute Gasteiger partial charge is 0.0995 e. The number of hydrogen-bond donors (Lipinski definition) is 0. The summed E-state index contributed by atoms with van der Waals surface area (Å²) < 4.78 is 0. The summed E-state index contributed by atoms with van der Waals surface area (Å²) in [6, 6.07) is 56.0. The summed E-state index contributed by atoms with van der Waals surface area (Å²) >= 11 is 0. The molecule has 0 aliphatic carbocycles. The maximum absolute atomic E-state index is 2.37. The molecule has 0 nitrogen and oxygen atoms in total. The van der Waals surface area contributed by atoms with E-state index in [1.165, 1.54) is 39.1 Å². The summed E-state index contributed by atoms with van der Waals surface area (Å²) in [5.41, 5.74) is 1.43. The molecule has 0 bridgehead atoms. The lowest BCUT2D eigenvalue weighted by atomic mass is 10.2. The van der Waals surface area contributed by atoms with E-state index in [-0.39, 0.29) is 0 Å². The van der Waals surface area contributed by atoms with Gasteiger partial charge in [-0.3, -0.25) is 0 Å². The summed E-state index contributed by atoms with van der Waals surface area (Å²) in [6.07, 6.45) is 3.45. The van der Waals surface area contributed by atoms with E-state index < -0.39 is 15.2 Å². The van der Waals surface area contributed by atoms with Gasteiger partial charge in [0, 0.05) is 6.16 Å². The van der Waals surface area contributed by atoms with Gasteiger partial charge in [0.25, 0.3) is 0 Å². The van der Waals surface area contributed by atoms with Crippen molar-refractivity contribution in [3.8, 4) is 0 Å². The first-order chi connectivity index (χ1) is 17.4. The molecule has 5 aromatic carbocycles. The molecule has 0 spiro atoms. The van der Waals surface area contributed by atoms with Crippen LogP contribution in [-0.4, -0.2) is 12.3 Å². The van der Waals surface area contributed by atoms with Gasteiger partial charge in [0.1, 0.15) is 0 Å². The second-order valence-corrected chi connectivity index (χ2v) is 14.9. The first-order valence-corrected chi connectivity index (χ1v) is 15.9. The molecule has 0 aliphatic rings. The highest BCUT2D eigenvalue weighted by atomic mass is 31.2. The number of benzene rings is 5. The van der Waals surface area contributed by atoms with E-state index in [4.69, 9.17) is 0 Å². The molecule has 0 N–H and O–H groups in total. The molecule has 2 heteroatoms. The molecule has 35 heavy (non-hydrogen) atoms. The summed E-state index contributed by atoms with van der Waals surface area (Å²) in [4.78, 5) is 0. The van der Waals surface area contributed by atoms with E-state index in [9.17, 15) is 0 Å². The molecule has 0 atom stereocenters. The predicted molar refractivity (Wildman–Crippen MR) is 158 cm³/mol. The Labute approximate surface area is 211 Å². The van der Waals surface area contributed by atoms with Crippen molar-refractivity contribution in [1.29, 1.82) is 0 Å². The van der Waals surface area contributed by atoms with Crippen molar-refractivity contribution in [3.05, 3.63) is 157 Å². The van der Waals surface area contributed by atoms with Crippen LogP contribution in [-0.2, 0) is 6.16 Å². The van der Waals surface area contributed by atoms with Crippen molar-refractivity contribution in [2.75, 3.05) is 12.3 Å². The number of hydrogen-bond acceptors (Lipinski definition) is 0. The first kappa shape index (κ1) is 23.7. The molecular weight excluding hydrogens is 458 g/mol. The van der Waals surface area contributed by atoms with Crippen LogP contribution in [0.5, 0.6) is 0 Å². The third-order valence-corrected chi connectivity index (χ3v) is 14.0. The third kappa shape index (κ3) is 5.62.